The van der Waals surface area contributed by atoms with Crippen molar-refractivity contribution in [3.05, 3.63) is 180 Å². The summed E-state index contributed by atoms with van der Waals surface area (Å²) in [7, 11) is 0. The number of hydrogen-bond acceptors (Lipinski definition) is 1. The molecule has 47 heavy (non-hydrogen) atoms. The molecule has 2 aliphatic rings. The monoisotopic (exact) mass is 601 g/mol. The van der Waals surface area contributed by atoms with E-state index < -0.39 is 0 Å². The van der Waals surface area contributed by atoms with Crippen LogP contribution in [-0.2, 0) is 6.42 Å². The Balaban J connectivity index is 1.11. The average Bonchev–Trinajstić information content (AvgIpc) is 3.15. The van der Waals surface area contributed by atoms with Crippen molar-refractivity contribution < 1.29 is 0 Å². The fourth-order valence-electron chi connectivity index (χ4n) is 7.77. The molecule has 0 saturated heterocycles. The van der Waals surface area contributed by atoms with Crippen LogP contribution in [0.15, 0.2) is 163 Å². The van der Waals surface area contributed by atoms with Crippen molar-refractivity contribution in [2.45, 2.75) is 25.7 Å². The zero-order valence-corrected chi connectivity index (χ0v) is 26.4. The summed E-state index contributed by atoms with van der Waals surface area (Å²) in [5, 5.41) is 7.86. The number of allylic oxidation sites excluding steroid dienone is 5. The number of fused-ring (bicyclic) bond motifs is 6. The third-order valence-electron chi connectivity index (χ3n) is 10.0. The van der Waals surface area contributed by atoms with Crippen molar-refractivity contribution in [3.63, 3.8) is 0 Å². The lowest BCUT2D eigenvalue weighted by atomic mass is 9.83. The molecule has 0 aromatic heterocycles. The highest BCUT2D eigenvalue weighted by Crippen LogP contribution is 2.41. The Hall–Kier alpha value is -5.66. The molecular weight excluding hydrogens is 567 g/mol. The highest BCUT2D eigenvalue weighted by molar-refractivity contribution is 6.13. The molecular formula is C46H35N. The number of benzene rings is 7. The van der Waals surface area contributed by atoms with Gasteiger partial charge in [-0.25, -0.2) is 0 Å². The predicted molar refractivity (Wildman–Crippen MR) is 202 cm³/mol. The highest BCUT2D eigenvalue weighted by Gasteiger charge is 2.21. The fourth-order valence-corrected chi connectivity index (χ4v) is 7.77. The normalized spacial score (nSPS) is 14.2. The van der Waals surface area contributed by atoms with E-state index in [0.29, 0.717) is 0 Å². The zero-order chi connectivity index (χ0) is 31.2. The van der Waals surface area contributed by atoms with E-state index in [4.69, 9.17) is 0 Å². The molecule has 224 valence electrons. The molecule has 0 bridgehead atoms. The molecule has 2 aliphatic carbocycles. The van der Waals surface area contributed by atoms with Gasteiger partial charge in [0.15, 0.2) is 0 Å². The van der Waals surface area contributed by atoms with Crippen LogP contribution in [0.2, 0.25) is 0 Å². The van der Waals surface area contributed by atoms with Crippen LogP contribution in [0.4, 0.5) is 11.4 Å². The topological polar surface area (TPSA) is 3.24 Å². The van der Waals surface area contributed by atoms with Crippen molar-refractivity contribution in [1.29, 1.82) is 0 Å². The summed E-state index contributed by atoms with van der Waals surface area (Å²) < 4.78 is 0. The molecule has 0 saturated carbocycles. The lowest BCUT2D eigenvalue weighted by molar-refractivity contribution is 0.921. The Morgan fingerprint density at radius 2 is 1.11 bits per heavy atom. The molecule has 0 fully saturated rings. The van der Waals surface area contributed by atoms with E-state index in [1.165, 1.54) is 82.8 Å². The van der Waals surface area contributed by atoms with Gasteiger partial charge in [0.25, 0.3) is 0 Å². The molecule has 9 rings (SSSR count). The molecule has 0 spiro atoms. The molecule has 7 aromatic carbocycles. The summed E-state index contributed by atoms with van der Waals surface area (Å²) in [6.45, 7) is 0. The van der Waals surface area contributed by atoms with E-state index in [1.807, 2.05) is 0 Å². The fraction of sp³-hybridized carbons (Fsp3) is 0.0870. The molecule has 1 nitrogen and oxygen atoms in total. The van der Waals surface area contributed by atoms with Crippen molar-refractivity contribution in [2.24, 2.45) is 0 Å². The maximum atomic E-state index is 2.44. The second kappa shape index (κ2) is 11.6. The Morgan fingerprint density at radius 1 is 0.468 bits per heavy atom. The predicted octanol–water partition coefficient (Wildman–Crippen LogP) is 12.7. The zero-order valence-electron chi connectivity index (χ0n) is 26.4. The molecule has 0 heterocycles. The number of hydrogen-bond donors (Lipinski definition) is 0. The van der Waals surface area contributed by atoms with Crippen LogP contribution in [0.25, 0.3) is 55.1 Å². The quantitative estimate of drug-likeness (QED) is 0.177. The molecule has 0 radical (unpaired) electrons. The van der Waals surface area contributed by atoms with Crippen molar-refractivity contribution in [3.8, 4) is 11.1 Å². The van der Waals surface area contributed by atoms with Crippen LogP contribution in [0.3, 0.4) is 0 Å². The second-order valence-electron chi connectivity index (χ2n) is 12.7. The molecule has 1 heteroatoms. The minimum atomic E-state index is 0.981. The minimum Gasteiger partial charge on any atom is -0.314 e. The van der Waals surface area contributed by atoms with E-state index in [0.717, 1.165) is 25.7 Å². The Labute approximate surface area is 276 Å². The maximum absolute atomic E-state index is 2.44. The summed E-state index contributed by atoms with van der Waals surface area (Å²) in [5.74, 6) is 0. The Morgan fingerprint density at radius 3 is 1.87 bits per heavy atom. The van der Waals surface area contributed by atoms with Crippen LogP contribution in [0.1, 0.15) is 36.0 Å². The van der Waals surface area contributed by atoms with E-state index >= 15 is 0 Å². The number of rotatable bonds is 5. The third kappa shape index (κ3) is 4.87. The lowest BCUT2D eigenvalue weighted by Gasteiger charge is -2.30. The number of anilines is 2. The SMILES string of the molecule is C1=Cc2c(c(C3=CC=C(N(c4ccccc4)c4ccc(-c5cc6ccccc6c6ccccc56)cc4)CC3)cc3ccccc23)CC1. The van der Waals surface area contributed by atoms with Crippen LogP contribution < -0.4 is 4.90 Å². The van der Waals surface area contributed by atoms with Gasteiger partial charge in [0.05, 0.1) is 0 Å². The first-order chi connectivity index (χ1) is 23.3. The largest absolute Gasteiger partial charge is 0.314 e. The second-order valence-corrected chi connectivity index (χ2v) is 12.7. The number of nitrogens with zero attached hydrogens (tertiary/aromatic N) is 1. The first-order valence-electron chi connectivity index (χ1n) is 16.8. The maximum Gasteiger partial charge on any atom is 0.0458 e. The van der Waals surface area contributed by atoms with E-state index in [9.17, 15) is 0 Å². The first-order valence-corrected chi connectivity index (χ1v) is 16.8. The van der Waals surface area contributed by atoms with E-state index in [2.05, 4.69) is 169 Å². The van der Waals surface area contributed by atoms with Crippen LogP contribution >= 0.6 is 0 Å². The summed E-state index contributed by atoms with van der Waals surface area (Å²) in [4.78, 5) is 2.44. The number of para-hydroxylation sites is 1. The van der Waals surface area contributed by atoms with E-state index in [1.54, 1.807) is 0 Å². The van der Waals surface area contributed by atoms with Crippen LogP contribution in [0, 0.1) is 0 Å². The lowest BCUT2D eigenvalue weighted by Crippen LogP contribution is -2.18. The smallest absolute Gasteiger partial charge is 0.0458 e. The van der Waals surface area contributed by atoms with Gasteiger partial charge in [0.1, 0.15) is 0 Å². The standard InChI is InChI=1S/C46H35N/c1-2-14-36(15-3-1)47(37-26-22-32(23-27-37)45-30-34-12-4-6-16-39(34)41-18-8-10-20-43(41)45)38-28-24-33(25-29-38)46-31-35-13-5-7-17-40(35)42-19-9-11-21-44(42)46/h1-10,12-20,22-24,26-28,30-31H,11,21,25,29H2. The summed E-state index contributed by atoms with van der Waals surface area (Å²) in [6.07, 6.45) is 13.6. The van der Waals surface area contributed by atoms with Crippen molar-refractivity contribution in [2.75, 3.05) is 4.90 Å². The first kappa shape index (κ1) is 27.6. The Bertz CT molecular complexity index is 2390. The molecule has 0 unspecified atom stereocenters. The molecule has 0 aliphatic heterocycles. The van der Waals surface area contributed by atoms with Gasteiger partial charge in [-0.1, -0.05) is 121 Å². The summed E-state index contributed by atoms with van der Waals surface area (Å²) in [5.41, 5.74) is 12.0. The third-order valence-corrected chi connectivity index (χ3v) is 10.0. The highest BCUT2D eigenvalue weighted by atomic mass is 15.1. The van der Waals surface area contributed by atoms with Gasteiger partial charge < -0.3 is 4.90 Å². The van der Waals surface area contributed by atoms with Gasteiger partial charge in [0, 0.05) is 17.1 Å². The molecule has 7 aromatic rings. The van der Waals surface area contributed by atoms with Gasteiger partial charge in [-0.05, 0) is 134 Å². The Kier molecular flexibility index (Phi) is 6.82. The van der Waals surface area contributed by atoms with Crippen LogP contribution in [-0.4, -0.2) is 0 Å². The van der Waals surface area contributed by atoms with Gasteiger partial charge in [-0.2, -0.15) is 0 Å². The average molecular weight is 602 g/mol. The summed E-state index contributed by atoms with van der Waals surface area (Å²) in [6, 6.07) is 51.1. The summed E-state index contributed by atoms with van der Waals surface area (Å²) >= 11 is 0. The minimum absolute atomic E-state index is 0.981. The van der Waals surface area contributed by atoms with Gasteiger partial charge in [-0.3, -0.25) is 0 Å². The van der Waals surface area contributed by atoms with Gasteiger partial charge in [0.2, 0.25) is 0 Å². The molecule has 0 N–H and O–H groups in total. The van der Waals surface area contributed by atoms with E-state index in [-0.39, 0.29) is 0 Å². The van der Waals surface area contributed by atoms with Crippen molar-refractivity contribution >= 4 is 55.3 Å². The van der Waals surface area contributed by atoms with Gasteiger partial charge >= 0.3 is 0 Å². The molecule has 0 amide bonds. The van der Waals surface area contributed by atoms with Crippen LogP contribution in [0.5, 0.6) is 0 Å². The molecule has 0 atom stereocenters. The van der Waals surface area contributed by atoms with Gasteiger partial charge in [-0.15, -0.1) is 0 Å². The van der Waals surface area contributed by atoms with Crippen molar-refractivity contribution in [1.82, 2.24) is 0 Å².